The van der Waals surface area contributed by atoms with Gasteiger partial charge in [-0.3, -0.25) is 0 Å². The second-order valence-electron chi connectivity index (χ2n) is 16.3. The lowest BCUT2D eigenvalue weighted by Crippen LogP contribution is -1.93. The summed E-state index contributed by atoms with van der Waals surface area (Å²) in [7, 11) is 0. The van der Waals surface area contributed by atoms with Crippen LogP contribution in [0, 0.1) is 0 Å². The lowest BCUT2D eigenvalue weighted by Gasteiger charge is -2.20. The van der Waals surface area contributed by atoms with Gasteiger partial charge in [-0.1, -0.05) is 231 Å². The molecular formula is C62H40. The molecule has 12 rings (SSSR count). The highest BCUT2D eigenvalue weighted by Gasteiger charge is 2.21. The van der Waals surface area contributed by atoms with E-state index in [4.69, 9.17) is 0 Å². The zero-order valence-corrected chi connectivity index (χ0v) is 34.1. The summed E-state index contributed by atoms with van der Waals surface area (Å²) in [6, 6.07) is 89.4. The zero-order valence-electron chi connectivity index (χ0n) is 34.1. The molecule has 0 heteroatoms. The van der Waals surface area contributed by atoms with Crippen molar-refractivity contribution in [2.24, 2.45) is 0 Å². The topological polar surface area (TPSA) is 0 Å². The molecule has 62 heavy (non-hydrogen) atoms. The summed E-state index contributed by atoms with van der Waals surface area (Å²) >= 11 is 0. The summed E-state index contributed by atoms with van der Waals surface area (Å²) in [5.41, 5.74) is 14.6. The van der Waals surface area contributed by atoms with E-state index >= 15 is 0 Å². The maximum atomic E-state index is 2.48. The molecule has 0 aliphatic carbocycles. The number of fused-ring (bicyclic) bond motifs is 11. The Balaban J connectivity index is 1.22. The van der Waals surface area contributed by atoms with Gasteiger partial charge in [0.1, 0.15) is 0 Å². The van der Waals surface area contributed by atoms with Gasteiger partial charge in [0.25, 0.3) is 0 Å². The number of hydrogen-bond donors (Lipinski definition) is 0. The van der Waals surface area contributed by atoms with E-state index in [-0.39, 0.29) is 0 Å². The van der Waals surface area contributed by atoms with Crippen LogP contribution >= 0.6 is 0 Å². The van der Waals surface area contributed by atoms with Crippen LogP contribution in [0.4, 0.5) is 0 Å². The third kappa shape index (κ3) is 5.84. The fourth-order valence-corrected chi connectivity index (χ4v) is 10.1. The van der Waals surface area contributed by atoms with Crippen molar-refractivity contribution in [3.63, 3.8) is 0 Å². The van der Waals surface area contributed by atoms with Crippen molar-refractivity contribution in [3.8, 4) is 66.8 Å². The van der Waals surface area contributed by atoms with Crippen LogP contribution in [0.25, 0.3) is 121 Å². The summed E-state index contributed by atoms with van der Waals surface area (Å²) in [4.78, 5) is 0. The van der Waals surface area contributed by atoms with Gasteiger partial charge in [-0.25, -0.2) is 0 Å². The molecule has 0 atom stereocenters. The molecule has 12 aromatic carbocycles. The fourth-order valence-electron chi connectivity index (χ4n) is 10.1. The quantitative estimate of drug-likeness (QED) is 0.147. The van der Waals surface area contributed by atoms with E-state index in [1.165, 1.54) is 121 Å². The number of benzene rings is 12. The molecule has 0 unspecified atom stereocenters. The molecule has 0 aliphatic heterocycles. The molecule has 0 aliphatic rings. The van der Waals surface area contributed by atoms with E-state index in [2.05, 4.69) is 243 Å². The van der Waals surface area contributed by atoms with E-state index in [1.807, 2.05) is 0 Å². The van der Waals surface area contributed by atoms with Gasteiger partial charge in [0, 0.05) is 0 Å². The van der Waals surface area contributed by atoms with Crippen LogP contribution in [0.15, 0.2) is 243 Å². The highest BCUT2D eigenvalue weighted by molar-refractivity contribution is 6.40. The molecule has 12 aromatic rings. The van der Waals surface area contributed by atoms with Crippen molar-refractivity contribution in [2.75, 3.05) is 0 Å². The first-order chi connectivity index (χ1) is 30.8. The van der Waals surface area contributed by atoms with Crippen molar-refractivity contribution in [3.05, 3.63) is 243 Å². The van der Waals surface area contributed by atoms with Gasteiger partial charge in [0.05, 0.1) is 0 Å². The Morgan fingerprint density at radius 2 is 0.435 bits per heavy atom. The summed E-state index contributed by atoms with van der Waals surface area (Å²) in [6.07, 6.45) is 0. The van der Waals surface area contributed by atoms with Crippen LogP contribution in [0.2, 0.25) is 0 Å². The lowest BCUT2D eigenvalue weighted by atomic mass is 9.83. The molecule has 0 N–H and O–H groups in total. The van der Waals surface area contributed by atoms with Crippen LogP contribution < -0.4 is 0 Å². The van der Waals surface area contributed by atoms with Gasteiger partial charge in [0.15, 0.2) is 0 Å². The molecule has 0 saturated carbocycles. The van der Waals surface area contributed by atoms with E-state index in [0.717, 1.165) is 0 Å². The molecule has 0 radical (unpaired) electrons. The van der Waals surface area contributed by atoms with E-state index in [0.29, 0.717) is 0 Å². The molecule has 288 valence electrons. The largest absolute Gasteiger partial charge is 0.0622 e. The maximum Gasteiger partial charge on any atom is -0.00137 e. The second kappa shape index (κ2) is 14.9. The standard InChI is InChI=1S/C62H40/c1-5-19-41(20-6-1)47-31-17-32-48(42-21-7-2-8-22-42)59(47)45-35-37-53-51-27-13-16-30-56(51)62-58-40-46(36-38-54(58)52-28-14-15-29-55(52)61(62)57(53)39-45)60-49(43-23-9-3-10-24-43)33-18-34-50(60)44-25-11-4-12-26-44/h1-40H. The Morgan fingerprint density at radius 3 is 0.758 bits per heavy atom. The summed E-state index contributed by atoms with van der Waals surface area (Å²) in [6.45, 7) is 0. The first kappa shape index (κ1) is 35.8. The highest BCUT2D eigenvalue weighted by Crippen LogP contribution is 2.49. The van der Waals surface area contributed by atoms with Crippen LogP contribution in [0.1, 0.15) is 0 Å². The molecule has 0 spiro atoms. The first-order valence-corrected chi connectivity index (χ1v) is 21.5. The lowest BCUT2D eigenvalue weighted by molar-refractivity contribution is 1.57. The Bertz CT molecular complexity index is 3280. The Morgan fingerprint density at radius 1 is 0.161 bits per heavy atom. The average molecular weight is 785 g/mol. The van der Waals surface area contributed by atoms with Crippen molar-refractivity contribution in [1.82, 2.24) is 0 Å². The predicted octanol–water partition coefficient (Wildman–Crippen LogP) is 17.5. The van der Waals surface area contributed by atoms with Gasteiger partial charge in [-0.15, -0.1) is 0 Å². The number of hydrogen-bond acceptors (Lipinski definition) is 0. The monoisotopic (exact) mass is 784 g/mol. The maximum absolute atomic E-state index is 2.48. The number of rotatable bonds is 6. The molecule has 0 bridgehead atoms. The summed E-state index contributed by atoms with van der Waals surface area (Å²) in [5, 5.41) is 12.7. The van der Waals surface area contributed by atoms with Crippen LogP contribution in [0.3, 0.4) is 0 Å². The SMILES string of the molecule is c1ccc(-c2cccc(-c3ccccc3)c2-c2ccc3c4ccccc4c4c5cc(-c6c(-c7ccccc7)cccc6-c6ccccc6)ccc5c5ccccc5c4c3c2)cc1. The third-order valence-corrected chi connectivity index (χ3v) is 12.8. The van der Waals surface area contributed by atoms with Gasteiger partial charge in [-0.2, -0.15) is 0 Å². The third-order valence-electron chi connectivity index (χ3n) is 12.8. The van der Waals surface area contributed by atoms with Gasteiger partial charge >= 0.3 is 0 Å². The van der Waals surface area contributed by atoms with E-state index < -0.39 is 0 Å². The van der Waals surface area contributed by atoms with Crippen molar-refractivity contribution in [2.45, 2.75) is 0 Å². The second-order valence-corrected chi connectivity index (χ2v) is 16.3. The van der Waals surface area contributed by atoms with Gasteiger partial charge in [-0.05, 0) is 133 Å². The normalized spacial score (nSPS) is 11.5. The summed E-state index contributed by atoms with van der Waals surface area (Å²) in [5.74, 6) is 0. The van der Waals surface area contributed by atoms with Gasteiger partial charge < -0.3 is 0 Å². The molecule has 0 saturated heterocycles. The molecule has 0 amide bonds. The Hall–Kier alpha value is -8.06. The van der Waals surface area contributed by atoms with Crippen molar-refractivity contribution >= 4 is 53.9 Å². The Kier molecular flexibility index (Phi) is 8.61. The molecule has 0 fully saturated rings. The smallest absolute Gasteiger partial charge is 0.00137 e. The van der Waals surface area contributed by atoms with Crippen LogP contribution in [0.5, 0.6) is 0 Å². The molecule has 0 aromatic heterocycles. The highest BCUT2D eigenvalue weighted by atomic mass is 14.2. The van der Waals surface area contributed by atoms with E-state index in [9.17, 15) is 0 Å². The minimum atomic E-state index is 1.20. The van der Waals surface area contributed by atoms with Crippen molar-refractivity contribution < 1.29 is 0 Å². The first-order valence-electron chi connectivity index (χ1n) is 21.5. The minimum Gasteiger partial charge on any atom is -0.0622 e. The van der Waals surface area contributed by atoms with Gasteiger partial charge in [0.2, 0.25) is 0 Å². The Labute approximate surface area is 361 Å². The van der Waals surface area contributed by atoms with E-state index in [1.54, 1.807) is 0 Å². The fraction of sp³-hybridized carbons (Fsp3) is 0. The predicted molar refractivity (Wildman–Crippen MR) is 267 cm³/mol. The average Bonchev–Trinajstić information content (AvgIpc) is 3.36. The minimum absolute atomic E-state index is 1.20. The molecule has 0 heterocycles. The van der Waals surface area contributed by atoms with Crippen molar-refractivity contribution in [1.29, 1.82) is 0 Å². The molecular weight excluding hydrogens is 745 g/mol. The summed E-state index contributed by atoms with van der Waals surface area (Å²) < 4.78 is 0. The molecule has 0 nitrogen and oxygen atoms in total. The zero-order chi connectivity index (χ0) is 41.0. The van der Waals surface area contributed by atoms with Crippen LogP contribution in [-0.2, 0) is 0 Å². The van der Waals surface area contributed by atoms with Crippen LogP contribution in [-0.4, -0.2) is 0 Å².